The van der Waals surface area contributed by atoms with E-state index in [1.807, 2.05) is 54.4 Å². The van der Waals surface area contributed by atoms with Crippen molar-refractivity contribution in [2.75, 3.05) is 24.6 Å². The summed E-state index contributed by atoms with van der Waals surface area (Å²) in [5.74, 6) is -0.118. The lowest BCUT2D eigenvalue weighted by Crippen LogP contribution is -2.54. The number of benzene rings is 2. The topological polar surface area (TPSA) is 78.5 Å². The molecule has 1 saturated heterocycles. The molecule has 0 radical (unpaired) electrons. The molecule has 2 aromatic carbocycles. The van der Waals surface area contributed by atoms with Crippen molar-refractivity contribution in [3.05, 3.63) is 59.4 Å². The molecule has 0 bridgehead atoms. The minimum absolute atomic E-state index is 0.0198. The summed E-state index contributed by atoms with van der Waals surface area (Å²) < 4.78 is 6.20. The molecule has 1 atom stereocenters. The molecular formula is C24H24N4O3. The van der Waals surface area contributed by atoms with E-state index < -0.39 is 6.04 Å². The van der Waals surface area contributed by atoms with E-state index in [0.717, 1.165) is 41.4 Å². The highest BCUT2D eigenvalue weighted by Crippen LogP contribution is 2.41. The van der Waals surface area contributed by atoms with Crippen molar-refractivity contribution in [2.45, 2.75) is 37.8 Å². The average molecular weight is 416 g/mol. The highest BCUT2D eigenvalue weighted by molar-refractivity contribution is 6.26. The molecule has 1 aromatic heterocycles. The number of nitrogens with one attached hydrogen (secondary N) is 1. The number of carbonyl (C=O) groups is 2. The van der Waals surface area contributed by atoms with Gasteiger partial charge in [0.25, 0.3) is 5.91 Å². The van der Waals surface area contributed by atoms with Gasteiger partial charge in [-0.05, 0) is 49.3 Å². The number of piperidine rings is 1. The molecule has 158 valence electrons. The van der Waals surface area contributed by atoms with Crippen LogP contribution in [0.3, 0.4) is 0 Å². The van der Waals surface area contributed by atoms with Gasteiger partial charge < -0.3 is 9.64 Å². The molecule has 7 nitrogen and oxygen atoms in total. The third-order valence-electron chi connectivity index (χ3n) is 7.14. The Labute approximate surface area is 180 Å². The number of nitrogens with zero attached hydrogens (tertiary/aromatic N) is 3. The molecule has 4 heterocycles. The number of ether oxygens (including phenoxy) is 1. The molecule has 7 heteroatoms. The molecule has 31 heavy (non-hydrogen) atoms. The third-order valence-corrected chi connectivity index (χ3v) is 7.14. The zero-order chi connectivity index (χ0) is 21.2. The Kier molecular flexibility index (Phi) is 3.99. The van der Waals surface area contributed by atoms with Crippen LogP contribution in [0.15, 0.2) is 42.6 Å². The number of fused-ring (bicyclic) bond motifs is 2. The fraction of sp³-hybridized carbons (Fsp3) is 0.375. The van der Waals surface area contributed by atoms with Crippen molar-refractivity contribution in [1.29, 1.82) is 0 Å². The van der Waals surface area contributed by atoms with E-state index in [0.29, 0.717) is 25.3 Å². The molecule has 3 aliphatic heterocycles. The summed E-state index contributed by atoms with van der Waals surface area (Å²) in [6.07, 6.45) is 4.21. The quantitative estimate of drug-likeness (QED) is 0.697. The number of hydrogen-bond acceptors (Lipinski definition) is 4. The lowest BCUT2D eigenvalue weighted by Gasteiger charge is -2.44. The largest absolute Gasteiger partial charge is 0.368 e. The summed E-state index contributed by atoms with van der Waals surface area (Å²) in [6.45, 7) is 3.71. The molecule has 1 spiro atoms. The minimum Gasteiger partial charge on any atom is -0.368 e. The van der Waals surface area contributed by atoms with Crippen LogP contribution >= 0.6 is 0 Å². The van der Waals surface area contributed by atoms with E-state index in [1.165, 1.54) is 5.56 Å². The molecule has 3 aliphatic rings. The van der Waals surface area contributed by atoms with E-state index in [2.05, 4.69) is 10.2 Å². The van der Waals surface area contributed by atoms with Crippen molar-refractivity contribution in [1.82, 2.24) is 15.1 Å². The standard InChI is InChI=1S/C24H24N4O3/c1-15(28-19-7-3-5-16-4-2-6-18(20(16)19)23(28)30)22(29)27-11-9-24(10-12-27)21-17(8-13-31-24)14-25-26-21/h2-7,14-15H,8-13H2,1H3,(H,25,26). The van der Waals surface area contributed by atoms with Gasteiger partial charge in [0.2, 0.25) is 5.91 Å². The predicted octanol–water partition coefficient (Wildman–Crippen LogP) is 3.00. The molecule has 0 saturated carbocycles. The number of carbonyl (C=O) groups excluding carboxylic acids is 2. The first kappa shape index (κ1) is 18.6. The highest BCUT2D eigenvalue weighted by atomic mass is 16.5. The molecule has 6 rings (SSSR count). The number of hydrogen-bond donors (Lipinski definition) is 1. The normalized spacial score (nSPS) is 20.4. The summed E-state index contributed by atoms with van der Waals surface area (Å²) in [6, 6.07) is 11.1. The summed E-state index contributed by atoms with van der Waals surface area (Å²) in [5.41, 5.74) is 3.40. The van der Waals surface area contributed by atoms with Crippen LogP contribution in [0.4, 0.5) is 5.69 Å². The zero-order valence-corrected chi connectivity index (χ0v) is 17.4. The van der Waals surface area contributed by atoms with Crippen LogP contribution in [0.2, 0.25) is 0 Å². The van der Waals surface area contributed by atoms with E-state index in [1.54, 1.807) is 4.90 Å². The van der Waals surface area contributed by atoms with E-state index in [-0.39, 0.29) is 17.4 Å². The Bertz CT molecular complexity index is 1200. The first-order valence-electron chi connectivity index (χ1n) is 10.9. The van der Waals surface area contributed by atoms with Crippen molar-refractivity contribution in [2.24, 2.45) is 0 Å². The maximum atomic E-state index is 13.4. The molecule has 0 aliphatic carbocycles. The molecule has 2 amide bonds. The first-order valence-corrected chi connectivity index (χ1v) is 10.9. The molecule has 1 N–H and O–H groups in total. The monoisotopic (exact) mass is 416 g/mol. The second-order valence-electron chi connectivity index (χ2n) is 8.72. The van der Waals surface area contributed by atoms with Gasteiger partial charge in [0, 0.05) is 24.0 Å². The number of aromatic amines is 1. The smallest absolute Gasteiger partial charge is 0.259 e. The third kappa shape index (κ3) is 2.59. The molecule has 1 unspecified atom stereocenters. The van der Waals surface area contributed by atoms with Crippen molar-refractivity contribution in [3.8, 4) is 0 Å². The van der Waals surface area contributed by atoms with Crippen molar-refractivity contribution in [3.63, 3.8) is 0 Å². The molecular weight excluding hydrogens is 392 g/mol. The zero-order valence-electron chi connectivity index (χ0n) is 17.4. The number of likely N-dealkylation sites (tertiary alicyclic amines) is 1. The van der Waals surface area contributed by atoms with Gasteiger partial charge in [-0.15, -0.1) is 0 Å². The maximum Gasteiger partial charge on any atom is 0.259 e. The fourth-order valence-electron chi connectivity index (χ4n) is 5.50. The highest BCUT2D eigenvalue weighted by Gasteiger charge is 2.45. The van der Waals surface area contributed by atoms with Crippen LogP contribution in [0.25, 0.3) is 10.8 Å². The Balaban J connectivity index is 1.24. The second kappa shape index (κ2) is 6.65. The van der Waals surface area contributed by atoms with Gasteiger partial charge in [-0.2, -0.15) is 5.10 Å². The number of rotatable bonds is 2. The fourth-order valence-corrected chi connectivity index (χ4v) is 5.50. The van der Waals surface area contributed by atoms with Crippen molar-refractivity contribution < 1.29 is 14.3 Å². The maximum absolute atomic E-state index is 13.4. The van der Waals surface area contributed by atoms with Crippen molar-refractivity contribution >= 4 is 28.3 Å². The summed E-state index contributed by atoms with van der Waals surface area (Å²) in [4.78, 5) is 30.2. The van der Waals surface area contributed by atoms with Crippen LogP contribution in [0.1, 0.15) is 41.4 Å². The van der Waals surface area contributed by atoms with Crippen LogP contribution in [-0.4, -0.2) is 52.6 Å². The van der Waals surface area contributed by atoms with Gasteiger partial charge in [-0.3, -0.25) is 19.6 Å². The lowest BCUT2D eigenvalue weighted by molar-refractivity contribution is -0.142. The van der Waals surface area contributed by atoms with E-state index in [9.17, 15) is 9.59 Å². The number of aromatic nitrogens is 2. The summed E-state index contributed by atoms with van der Waals surface area (Å²) in [5, 5.41) is 9.29. The predicted molar refractivity (Wildman–Crippen MR) is 116 cm³/mol. The van der Waals surface area contributed by atoms with Gasteiger partial charge in [0.05, 0.1) is 24.2 Å². The Hall–Kier alpha value is -3.19. The lowest BCUT2D eigenvalue weighted by atomic mass is 9.83. The Morgan fingerprint density at radius 1 is 1.19 bits per heavy atom. The number of amides is 2. The van der Waals surface area contributed by atoms with Gasteiger partial charge >= 0.3 is 0 Å². The van der Waals surface area contributed by atoms with Crippen LogP contribution in [-0.2, 0) is 21.6 Å². The molecule has 3 aromatic rings. The minimum atomic E-state index is -0.561. The van der Waals surface area contributed by atoms with Crippen LogP contribution in [0, 0.1) is 0 Å². The second-order valence-corrected chi connectivity index (χ2v) is 8.72. The van der Waals surface area contributed by atoms with Gasteiger partial charge in [-0.25, -0.2) is 0 Å². The van der Waals surface area contributed by atoms with E-state index in [4.69, 9.17) is 4.74 Å². The van der Waals surface area contributed by atoms with Gasteiger partial charge in [0.1, 0.15) is 11.6 Å². The summed E-state index contributed by atoms with van der Waals surface area (Å²) in [7, 11) is 0. The van der Waals surface area contributed by atoms with Gasteiger partial charge in [0.15, 0.2) is 0 Å². The van der Waals surface area contributed by atoms with Gasteiger partial charge in [-0.1, -0.05) is 24.3 Å². The Morgan fingerprint density at radius 2 is 1.97 bits per heavy atom. The Morgan fingerprint density at radius 3 is 2.77 bits per heavy atom. The number of H-pyrrole nitrogens is 1. The SMILES string of the molecule is CC(C(=O)N1CCC2(CC1)OCCc1cn[nH]c12)N1C(=O)c2cccc3cccc1c23. The van der Waals surface area contributed by atoms with Crippen LogP contribution < -0.4 is 4.90 Å². The molecule has 1 fully saturated rings. The van der Waals surface area contributed by atoms with Crippen LogP contribution in [0.5, 0.6) is 0 Å². The van der Waals surface area contributed by atoms with E-state index >= 15 is 0 Å². The average Bonchev–Trinajstić information content (AvgIpc) is 3.39. The summed E-state index contributed by atoms with van der Waals surface area (Å²) >= 11 is 0. The number of anilines is 1. The first-order chi connectivity index (χ1) is 15.1.